The maximum Gasteiger partial charge on any atom is 0.240 e. The van der Waals surface area contributed by atoms with E-state index >= 15 is 0 Å². The van der Waals surface area contributed by atoms with Gasteiger partial charge in [0.1, 0.15) is 0 Å². The summed E-state index contributed by atoms with van der Waals surface area (Å²) in [5, 5.41) is 0.285. The molecule has 0 aromatic carbocycles. The van der Waals surface area contributed by atoms with Crippen LogP contribution in [0.4, 0.5) is 5.95 Å². The van der Waals surface area contributed by atoms with Crippen LogP contribution in [0.25, 0.3) is 0 Å². The van der Waals surface area contributed by atoms with Crippen molar-refractivity contribution in [2.75, 3.05) is 19.0 Å². The van der Waals surface area contributed by atoms with Crippen LogP contribution in [0.3, 0.4) is 0 Å². The number of hydrogen-bond acceptors (Lipinski definition) is 10. The monoisotopic (exact) mass is 382 g/mol. The van der Waals surface area contributed by atoms with E-state index in [0.717, 1.165) is 32.5 Å². The van der Waals surface area contributed by atoms with Gasteiger partial charge in [-0.2, -0.15) is 15.0 Å². The third-order valence-corrected chi connectivity index (χ3v) is 5.21. The molecule has 0 radical (unpaired) electrons. The quantitative estimate of drug-likeness (QED) is 0.518. The summed E-state index contributed by atoms with van der Waals surface area (Å²) in [6, 6.07) is 0. The van der Waals surface area contributed by atoms with E-state index < -0.39 is 0 Å². The zero-order valence-corrected chi connectivity index (χ0v) is 15.1. The highest BCUT2D eigenvalue weighted by Gasteiger charge is 2.33. The van der Waals surface area contributed by atoms with E-state index in [1.165, 1.54) is 0 Å². The molecule has 0 saturated carbocycles. The zero-order valence-electron chi connectivity index (χ0n) is 13.5. The van der Waals surface area contributed by atoms with Gasteiger partial charge in [-0.3, -0.25) is 19.2 Å². The molecule has 2 saturated heterocycles. The number of rotatable bonds is 5. The van der Waals surface area contributed by atoms with Gasteiger partial charge in [-0.25, -0.2) is 8.61 Å². The molecular weight excluding hydrogens is 368 g/mol. The van der Waals surface area contributed by atoms with Gasteiger partial charge in [-0.05, 0) is 0 Å². The molecule has 0 atom stereocenters. The Bertz CT molecular complexity index is 683. The van der Waals surface area contributed by atoms with E-state index in [0.29, 0.717) is 0 Å². The molecule has 10 nitrogen and oxygen atoms in total. The Morgan fingerprint density at radius 1 is 0.720 bits per heavy atom. The molecule has 0 spiro atoms. The molecule has 0 aliphatic carbocycles. The summed E-state index contributed by atoms with van der Waals surface area (Å²) >= 11 is 1.63. The van der Waals surface area contributed by atoms with Crippen LogP contribution < -0.4 is 4.90 Å². The first-order valence-electron chi connectivity index (χ1n) is 7.36. The highest BCUT2D eigenvalue weighted by Crippen LogP contribution is 2.31. The zero-order chi connectivity index (χ0) is 18.1. The van der Waals surface area contributed by atoms with Crippen molar-refractivity contribution < 1.29 is 19.2 Å². The van der Waals surface area contributed by atoms with Crippen molar-refractivity contribution in [3.8, 4) is 0 Å². The van der Waals surface area contributed by atoms with Gasteiger partial charge in [0.15, 0.2) is 0 Å². The average Bonchev–Trinajstić information content (AvgIpc) is 3.05. The molecule has 1 aromatic heterocycles. The number of hydrogen-bond donors (Lipinski definition) is 0. The minimum Gasteiger partial charge on any atom is -0.347 e. The first-order valence-corrected chi connectivity index (χ1v) is 8.91. The highest BCUT2D eigenvalue weighted by molar-refractivity contribution is 7.98. The van der Waals surface area contributed by atoms with Crippen molar-refractivity contribution in [2.45, 2.75) is 36.0 Å². The fraction of sp³-hybridized carbons (Fsp3) is 0.462. The van der Waals surface area contributed by atoms with Crippen LogP contribution in [0.15, 0.2) is 10.3 Å². The molecule has 3 rings (SSSR count). The molecule has 4 amide bonds. The van der Waals surface area contributed by atoms with Crippen LogP contribution in [-0.4, -0.2) is 61.3 Å². The topological polar surface area (TPSA) is 117 Å². The smallest absolute Gasteiger partial charge is 0.240 e. The Morgan fingerprint density at radius 3 is 1.40 bits per heavy atom. The molecule has 2 aliphatic rings. The molecule has 12 heteroatoms. The third kappa shape index (κ3) is 3.74. The molecule has 0 bridgehead atoms. The van der Waals surface area contributed by atoms with Crippen molar-refractivity contribution in [1.29, 1.82) is 0 Å². The van der Waals surface area contributed by atoms with E-state index in [-0.39, 0.29) is 65.6 Å². The second-order valence-corrected chi connectivity index (χ2v) is 7.27. The van der Waals surface area contributed by atoms with Crippen LogP contribution in [0.1, 0.15) is 25.7 Å². The van der Waals surface area contributed by atoms with Gasteiger partial charge >= 0.3 is 0 Å². The van der Waals surface area contributed by atoms with Gasteiger partial charge in [0.05, 0.1) is 0 Å². The Kier molecular flexibility index (Phi) is 4.90. The van der Waals surface area contributed by atoms with E-state index in [1.54, 1.807) is 19.0 Å². The van der Waals surface area contributed by atoms with Crippen molar-refractivity contribution in [3.63, 3.8) is 0 Å². The summed E-state index contributed by atoms with van der Waals surface area (Å²) in [6.07, 6.45) is 0.650. The SMILES string of the molecule is CN(C)c1nc(SN2C(=O)CCC2=O)nc(SN2C(=O)CCC2=O)n1. The summed E-state index contributed by atoms with van der Waals surface area (Å²) in [6.45, 7) is 0. The fourth-order valence-corrected chi connectivity index (χ4v) is 3.74. The molecular formula is C13H14N6O4S2. The lowest BCUT2D eigenvalue weighted by Gasteiger charge is -2.16. The fourth-order valence-electron chi connectivity index (χ4n) is 2.09. The van der Waals surface area contributed by atoms with Crippen LogP contribution in [-0.2, 0) is 19.2 Å². The second kappa shape index (κ2) is 6.96. The van der Waals surface area contributed by atoms with Crippen LogP contribution in [0, 0.1) is 0 Å². The van der Waals surface area contributed by atoms with Crippen molar-refractivity contribution in [1.82, 2.24) is 23.6 Å². The van der Waals surface area contributed by atoms with E-state index in [9.17, 15) is 19.2 Å². The lowest BCUT2D eigenvalue weighted by Crippen LogP contribution is -2.24. The van der Waals surface area contributed by atoms with Gasteiger partial charge in [0.25, 0.3) is 0 Å². The summed E-state index contributed by atoms with van der Waals surface area (Å²) in [5.41, 5.74) is 0. The van der Waals surface area contributed by atoms with Crippen LogP contribution in [0.5, 0.6) is 0 Å². The van der Waals surface area contributed by atoms with Gasteiger partial charge in [0.2, 0.25) is 39.9 Å². The summed E-state index contributed by atoms with van der Waals surface area (Å²) < 4.78 is 2.05. The number of nitrogens with zero attached hydrogens (tertiary/aromatic N) is 6. The maximum atomic E-state index is 11.8. The van der Waals surface area contributed by atoms with E-state index in [1.807, 2.05) is 0 Å². The predicted octanol–water partition coefficient (Wildman–Crippen LogP) is 0.250. The number of amides is 4. The number of anilines is 1. The Hall–Kier alpha value is -2.21. The molecule has 1 aromatic rings. The minimum absolute atomic E-state index is 0.142. The predicted molar refractivity (Wildman–Crippen MR) is 88.0 cm³/mol. The average molecular weight is 382 g/mol. The van der Waals surface area contributed by atoms with Gasteiger partial charge in [-0.15, -0.1) is 0 Å². The molecule has 0 N–H and O–H groups in total. The van der Waals surface area contributed by atoms with Gasteiger partial charge in [-0.1, -0.05) is 0 Å². The first-order chi connectivity index (χ1) is 11.8. The number of aromatic nitrogens is 3. The number of carbonyl (C=O) groups excluding carboxylic acids is 4. The van der Waals surface area contributed by atoms with E-state index in [2.05, 4.69) is 15.0 Å². The first kappa shape index (κ1) is 17.6. The van der Waals surface area contributed by atoms with Crippen LogP contribution in [0.2, 0.25) is 0 Å². The highest BCUT2D eigenvalue weighted by atomic mass is 32.2. The van der Waals surface area contributed by atoms with Crippen LogP contribution >= 0.6 is 23.9 Å². The largest absolute Gasteiger partial charge is 0.347 e. The lowest BCUT2D eigenvalue weighted by molar-refractivity contribution is -0.133. The summed E-state index contributed by atoms with van der Waals surface area (Å²) in [5.74, 6) is -0.929. The number of carbonyl (C=O) groups is 4. The standard InChI is InChI=1S/C13H14N6O4S2/c1-17(2)11-14-12(24-18-7(20)3-4-8(18)21)16-13(15-11)25-19-9(22)5-6-10(19)23/h3-6H2,1-2H3. The molecule has 0 unspecified atom stereocenters. The van der Waals surface area contributed by atoms with Crippen molar-refractivity contribution >= 4 is 53.5 Å². The van der Waals surface area contributed by atoms with Crippen molar-refractivity contribution in [2.24, 2.45) is 0 Å². The van der Waals surface area contributed by atoms with Gasteiger partial charge in [0, 0.05) is 63.7 Å². The molecule has 132 valence electrons. The molecule has 3 heterocycles. The third-order valence-electron chi connectivity index (χ3n) is 3.34. The second-order valence-electron chi connectivity index (χ2n) is 5.44. The maximum absolute atomic E-state index is 11.8. The molecule has 2 aliphatic heterocycles. The molecule has 2 fully saturated rings. The Balaban J connectivity index is 1.87. The summed E-state index contributed by atoms with van der Waals surface area (Å²) in [4.78, 5) is 61.2. The Labute approximate surface area is 151 Å². The summed E-state index contributed by atoms with van der Waals surface area (Å²) in [7, 11) is 3.44. The van der Waals surface area contributed by atoms with Crippen molar-refractivity contribution in [3.05, 3.63) is 0 Å². The Morgan fingerprint density at radius 2 is 1.08 bits per heavy atom. The van der Waals surface area contributed by atoms with E-state index in [4.69, 9.17) is 0 Å². The normalized spacial score (nSPS) is 17.8. The molecule has 25 heavy (non-hydrogen) atoms. The number of imide groups is 2. The minimum atomic E-state index is -0.305. The lowest BCUT2D eigenvalue weighted by atomic mass is 10.4. The van der Waals surface area contributed by atoms with Gasteiger partial charge < -0.3 is 4.90 Å².